The molecule has 0 saturated carbocycles. The third-order valence-corrected chi connectivity index (χ3v) is 6.08. The first-order valence-corrected chi connectivity index (χ1v) is 11.0. The molecule has 0 aliphatic heterocycles. The van der Waals surface area contributed by atoms with Crippen LogP contribution >= 0.6 is 0 Å². The summed E-state index contributed by atoms with van der Waals surface area (Å²) in [6.07, 6.45) is 3.07. The molecule has 0 fully saturated rings. The molecule has 2 unspecified atom stereocenters. The Morgan fingerprint density at radius 2 is 1.67 bits per heavy atom. The highest BCUT2D eigenvalue weighted by atomic mass is 16.1. The Hall–Kier alpha value is -3.07. The van der Waals surface area contributed by atoms with Crippen LogP contribution in [0, 0.1) is 0 Å². The smallest absolute Gasteiger partial charge is 0.232 e. The Labute approximate surface area is 179 Å². The van der Waals surface area contributed by atoms with Gasteiger partial charge in [-0.1, -0.05) is 74.9 Å². The van der Waals surface area contributed by atoms with Gasteiger partial charge in [0.05, 0.1) is 5.92 Å². The van der Waals surface area contributed by atoms with Crippen molar-refractivity contribution in [1.82, 2.24) is 5.32 Å². The molecule has 0 bridgehead atoms. The Bertz CT molecular complexity index is 1040. The standard InChI is InChI=1S/C27H30N2O/c1-3-8-20(18-13-15-19(28)16-14-18)21-11-7-12-24-25(21)22-9-5-6-10-23(22)26(24)27(30)29-17-4-2/h5-7,9-16,20,26H,3-4,8,17,28H2,1-2H3,(H,29,30). The first kappa shape index (κ1) is 20.2. The molecule has 1 amide bonds. The third kappa shape index (κ3) is 3.60. The van der Waals surface area contributed by atoms with Crippen LogP contribution < -0.4 is 11.1 Å². The Balaban J connectivity index is 1.86. The van der Waals surface area contributed by atoms with Crippen LogP contribution in [0.4, 0.5) is 5.69 Å². The van der Waals surface area contributed by atoms with Crippen LogP contribution in [0.15, 0.2) is 66.7 Å². The molecule has 0 radical (unpaired) electrons. The number of benzene rings is 3. The molecule has 3 N–H and O–H groups in total. The maximum atomic E-state index is 13.1. The topological polar surface area (TPSA) is 55.1 Å². The molecule has 0 spiro atoms. The van der Waals surface area contributed by atoms with Crippen molar-refractivity contribution < 1.29 is 4.79 Å². The summed E-state index contributed by atoms with van der Waals surface area (Å²) in [6, 6.07) is 23.1. The zero-order valence-electron chi connectivity index (χ0n) is 17.8. The second-order valence-corrected chi connectivity index (χ2v) is 8.13. The molecule has 30 heavy (non-hydrogen) atoms. The SMILES string of the molecule is CCCNC(=O)C1c2ccccc2-c2c(C(CCC)c3ccc(N)cc3)cccc21. The fraction of sp³-hybridized carbons (Fsp3) is 0.296. The van der Waals surface area contributed by atoms with E-state index in [2.05, 4.69) is 67.7 Å². The van der Waals surface area contributed by atoms with Gasteiger partial charge in [-0.15, -0.1) is 0 Å². The Morgan fingerprint density at radius 3 is 2.40 bits per heavy atom. The lowest BCUT2D eigenvalue weighted by atomic mass is 9.82. The van der Waals surface area contributed by atoms with Gasteiger partial charge in [0.2, 0.25) is 5.91 Å². The number of nitrogens with two attached hydrogens (primary N) is 1. The van der Waals surface area contributed by atoms with E-state index in [9.17, 15) is 4.79 Å². The number of amides is 1. The number of fused-ring (bicyclic) bond motifs is 3. The van der Waals surface area contributed by atoms with Crippen molar-refractivity contribution in [3.05, 3.63) is 89.0 Å². The quantitative estimate of drug-likeness (QED) is 0.491. The van der Waals surface area contributed by atoms with E-state index in [0.29, 0.717) is 6.54 Å². The largest absolute Gasteiger partial charge is 0.399 e. The van der Waals surface area contributed by atoms with E-state index >= 15 is 0 Å². The molecule has 4 rings (SSSR count). The molecule has 0 saturated heterocycles. The average molecular weight is 399 g/mol. The summed E-state index contributed by atoms with van der Waals surface area (Å²) in [5.41, 5.74) is 14.0. The number of nitrogens with one attached hydrogen (secondary N) is 1. The summed E-state index contributed by atoms with van der Waals surface area (Å²) in [7, 11) is 0. The molecule has 154 valence electrons. The number of rotatable bonds is 7. The van der Waals surface area contributed by atoms with Crippen LogP contribution in [0.2, 0.25) is 0 Å². The van der Waals surface area contributed by atoms with E-state index in [1.54, 1.807) is 0 Å². The van der Waals surface area contributed by atoms with Crippen molar-refractivity contribution in [3.63, 3.8) is 0 Å². The number of nitrogen functional groups attached to an aromatic ring is 1. The minimum atomic E-state index is -0.239. The average Bonchev–Trinajstić information content (AvgIpc) is 3.11. The van der Waals surface area contributed by atoms with Gasteiger partial charge >= 0.3 is 0 Å². The number of hydrogen-bond acceptors (Lipinski definition) is 2. The number of hydrogen-bond donors (Lipinski definition) is 2. The Kier molecular flexibility index (Phi) is 5.89. The second kappa shape index (κ2) is 8.74. The van der Waals surface area contributed by atoms with Gasteiger partial charge in [-0.3, -0.25) is 4.79 Å². The van der Waals surface area contributed by atoms with E-state index in [-0.39, 0.29) is 17.7 Å². The zero-order valence-corrected chi connectivity index (χ0v) is 17.8. The normalized spacial score (nSPS) is 15.3. The fourth-order valence-electron chi connectivity index (χ4n) is 4.73. The molecule has 0 aromatic heterocycles. The summed E-state index contributed by atoms with van der Waals surface area (Å²) in [4.78, 5) is 13.1. The van der Waals surface area contributed by atoms with E-state index in [4.69, 9.17) is 5.73 Å². The fourth-order valence-corrected chi connectivity index (χ4v) is 4.73. The zero-order chi connectivity index (χ0) is 21.1. The number of carbonyl (C=O) groups is 1. The van der Waals surface area contributed by atoms with Gasteiger partial charge in [0.25, 0.3) is 0 Å². The minimum absolute atomic E-state index is 0.0970. The van der Waals surface area contributed by atoms with Crippen molar-refractivity contribution >= 4 is 11.6 Å². The van der Waals surface area contributed by atoms with Crippen molar-refractivity contribution in [3.8, 4) is 11.1 Å². The molecule has 3 aromatic carbocycles. The summed E-state index contributed by atoms with van der Waals surface area (Å²) >= 11 is 0. The van der Waals surface area contributed by atoms with Crippen LogP contribution in [0.5, 0.6) is 0 Å². The van der Waals surface area contributed by atoms with Gasteiger partial charge in [-0.2, -0.15) is 0 Å². The molecule has 2 atom stereocenters. The highest BCUT2D eigenvalue weighted by molar-refractivity contribution is 5.97. The summed E-state index contributed by atoms with van der Waals surface area (Å²) in [5.74, 6) is 0.132. The summed E-state index contributed by atoms with van der Waals surface area (Å²) in [5, 5.41) is 3.11. The van der Waals surface area contributed by atoms with Gasteiger partial charge in [-0.25, -0.2) is 0 Å². The number of carbonyl (C=O) groups excluding carboxylic acids is 1. The molecule has 1 aliphatic carbocycles. The molecule has 3 heteroatoms. The van der Waals surface area contributed by atoms with Gasteiger partial charge in [-0.05, 0) is 58.4 Å². The molecular formula is C27H30N2O. The maximum absolute atomic E-state index is 13.1. The monoisotopic (exact) mass is 398 g/mol. The molecular weight excluding hydrogens is 368 g/mol. The van der Waals surface area contributed by atoms with E-state index in [0.717, 1.165) is 36.1 Å². The molecule has 0 heterocycles. The third-order valence-electron chi connectivity index (χ3n) is 6.08. The molecule has 3 aromatic rings. The van der Waals surface area contributed by atoms with Crippen molar-refractivity contribution in [2.75, 3.05) is 12.3 Å². The minimum Gasteiger partial charge on any atom is -0.399 e. The highest BCUT2D eigenvalue weighted by Gasteiger charge is 2.36. The second-order valence-electron chi connectivity index (χ2n) is 8.13. The van der Waals surface area contributed by atoms with Crippen LogP contribution in [0.3, 0.4) is 0 Å². The van der Waals surface area contributed by atoms with Gasteiger partial charge in [0.15, 0.2) is 0 Å². The predicted octanol–water partition coefficient (Wildman–Crippen LogP) is 5.84. The lowest BCUT2D eigenvalue weighted by molar-refractivity contribution is -0.121. The van der Waals surface area contributed by atoms with Gasteiger partial charge in [0.1, 0.15) is 0 Å². The van der Waals surface area contributed by atoms with E-state index in [1.165, 1.54) is 22.3 Å². The molecule has 1 aliphatic rings. The van der Waals surface area contributed by atoms with Crippen molar-refractivity contribution in [2.24, 2.45) is 0 Å². The molecule has 3 nitrogen and oxygen atoms in total. The van der Waals surface area contributed by atoms with E-state index in [1.807, 2.05) is 18.2 Å². The maximum Gasteiger partial charge on any atom is 0.232 e. The lowest BCUT2D eigenvalue weighted by Crippen LogP contribution is -2.29. The van der Waals surface area contributed by atoms with Crippen LogP contribution in [0.25, 0.3) is 11.1 Å². The van der Waals surface area contributed by atoms with Crippen molar-refractivity contribution in [2.45, 2.75) is 44.9 Å². The van der Waals surface area contributed by atoms with Crippen molar-refractivity contribution in [1.29, 1.82) is 0 Å². The first-order valence-electron chi connectivity index (χ1n) is 11.0. The lowest BCUT2D eigenvalue weighted by Gasteiger charge is -2.22. The highest BCUT2D eigenvalue weighted by Crippen LogP contribution is 2.49. The van der Waals surface area contributed by atoms with Gasteiger partial charge in [0, 0.05) is 18.2 Å². The predicted molar refractivity (Wildman–Crippen MR) is 125 cm³/mol. The van der Waals surface area contributed by atoms with Crippen LogP contribution in [-0.4, -0.2) is 12.5 Å². The summed E-state index contributed by atoms with van der Waals surface area (Å²) < 4.78 is 0. The van der Waals surface area contributed by atoms with Gasteiger partial charge < -0.3 is 11.1 Å². The first-order chi connectivity index (χ1) is 14.7. The number of anilines is 1. The van der Waals surface area contributed by atoms with E-state index < -0.39 is 0 Å². The Morgan fingerprint density at radius 1 is 0.933 bits per heavy atom. The summed E-state index contributed by atoms with van der Waals surface area (Å²) in [6.45, 7) is 5.01. The van der Waals surface area contributed by atoms with Crippen LogP contribution in [-0.2, 0) is 4.79 Å². The van der Waals surface area contributed by atoms with Crippen LogP contribution in [0.1, 0.15) is 67.2 Å².